The van der Waals surface area contributed by atoms with Crippen molar-refractivity contribution in [3.63, 3.8) is 0 Å². The second-order valence-corrected chi connectivity index (χ2v) is 7.28. The molecule has 0 amide bonds. The van der Waals surface area contributed by atoms with E-state index in [0.29, 0.717) is 18.8 Å². The fourth-order valence-corrected chi connectivity index (χ4v) is 4.15. The van der Waals surface area contributed by atoms with Gasteiger partial charge in [0.25, 0.3) is 0 Å². The van der Waals surface area contributed by atoms with Crippen LogP contribution in [0, 0.1) is 5.92 Å². The first kappa shape index (κ1) is 13.0. The summed E-state index contributed by atoms with van der Waals surface area (Å²) in [6.07, 6.45) is 3.19. The summed E-state index contributed by atoms with van der Waals surface area (Å²) in [4.78, 5) is 0. The maximum atomic E-state index is 11.7. The monoisotopic (exact) mass is 234 g/mol. The van der Waals surface area contributed by atoms with Crippen LogP contribution in [-0.4, -0.2) is 30.6 Å². The summed E-state index contributed by atoms with van der Waals surface area (Å²) in [5, 5.41) is 9.38. The molecule has 1 aliphatic heterocycles. The molecule has 0 aromatic carbocycles. The lowest BCUT2D eigenvalue weighted by Crippen LogP contribution is -2.38. The van der Waals surface area contributed by atoms with Gasteiger partial charge in [0.1, 0.15) is 0 Å². The molecule has 1 saturated heterocycles. The second kappa shape index (κ2) is 5.30. The highest BCUT2D eigenvalue weighted by Crippen LogP contribution is 2.25. The van der Waals surface area contributed by atoms with E-state index in [0.717, 1.165) is 19.3 Å². The van der Waals surface area contributed by atoms with Gasteiger partial charge in [-0.15, -0.1) is 0 Å². The Labute approximate surface area is 92.8 Å². The third-order valence-corrected chi connectivity index (χ3v) is 5.43. The SMILES string of the molecule is CC(C)CCC(O)C1CCCCS1(=O)=O. The summed E-state index contributed by atoms with van der Waals surface area (Å²) >= 11 is 0. The lowest BCUT2D eigenvalue weighted by atomic mass is 10.0. The van der Waals surface area contributed by atoms with Crippen LogP contribution in [0.15, 0.2) is 0 Å². The average Bonchev–Trinajstić information content (AvgIpc) is 2.13. The Kier molecular flexibility index (Phi) is 4.59. The highest BCUT2D eigenvalue weighted by Gasteiger charge is 2.34. The first-order chi connectivity index (χ1) is 6.93. The molecule has 1 fully saturated rings. The molecule has 0 aromatic heterocycles. The van der Waals surface area contributed by atoms with E-state index >= 15 is 0 Å². The summed E-state index contributed by atoms with van der Waals surface area (Å²) in [6.45, 7) is 4.17. The van der Waals surface area contributed by atoms with E-state index in [2.05, 4.69) is 13.8 Å². The molecule has 15 heavy (non-hydrogen) atoms. The van der Waals surface area contributed by atoms with Gasteiger partial charge in [0.05, 0.1) is 17.1 Å². The summed E-state index contributed by atoms with van der Waals surface area (Å²) < 4.78 is 23.4. The zero-order valence-corrected chi connectivity index (χ0v) is 10.5. The van der Waals surface area contributed by atoms with Gasteiger partial charge in [-0.25, -0.2) is 8.42 Å². The molecular weight excluding hydrogens is 212 g/mol. The van der Waals surface area contributed by atoms with Crippen LogP contribution < -0.4 is 0 Å². The second-order valence-electron chi connectivity index (χ2n) is 4.94. The fraction of sp³-hybridized carbons (Fsp3) is 1.00. The van der Waals surface area contributed by atoms with Crippen LogP contribution in [0.2, 0.25) is 0 Å². The molecular formula is C11H22O3S. The standard InChI is InChI=1S/C11H22O3S/c1-9(2)6-7-10(12)11-5-3-4-8-15(11,13)14/h9-12H,3-8H2,1-2H3. The molecule has 1 N–H and O–H groups in total. The highest BCUT2D eigenvalue weighted by atomic mass is 32.2. The largest absolute Gasteiger partial charge is 0.392 e. The van der Waals surface area contributed by atoms with Crippen molar-refractivity contribution >= 4 is 9.84 Å². The van der Waals surface area contributed by atoms with Crippen molar-refractivity contribution in [3.05, 3.63) is 0 Å². The van der Waals surface area contributed by atoms with Crippen LogP contribution >= 0.6 is 0 Å². The van der Waals surface area contributed by atoms with E-state index in [-0.39, 0.29) is 5.75 Å². The van der Waals surface area contributed by atoms with Crippen molar-refractivity contribution in [3.8, 4) is 0 Å². The van der Waals surface area contributed by atoms with E-state index in [1.165, 1.54) is 0 Å². The van der Waals surface area contributed by atoms with Gasteiger partial charge in [0, 0.05) is 0 Å². The molecule has 0 bridgehead atoms. The molecule has 1 aliphatic rings. The zero-order chi connectivity index (χ0) is 11.5. The van der Waals surface area contributed by atoms with E-state index in [1.807, 2.05) is 0 Å². The van der Waals surface area contributed by atoms with Gasteiger partial charge < -0.3 is 5.11 Å². The van der Waals surface area contributed by atoms with Crippen LogP contribution in [0.5, 0.6) is 0 Å². The smallest absolute Gasteiger partial charge is 0.155 e. The minimum Gasteiger partial charge on any atom is -0.392 e. The van der Waals surface area contributed by atoms with Crippen LogP contribution in [-0.2, 0) is 9.84 Å². The third-order valence-electron chi connectivity index (χ3n) is 3.10. The lowest BCUT2D eigenvalue weighted by Gasteiger charge is -2.27. The van der Waals surface area contributed by atoms with Crippen molar-refractivity contribution in [2.75, 3.05) is 5.75 Å². The average molecular weight is 234 g/mol. The summed E-state index contributed by atoms with van der Waals surface area (Å²) in [5.41, 5.74) is 0. The molecule has 3 nitrogen and oxygen atoms in total. The fourth-order valence-electron chi connectivity index (χ4n) is 2.10. The van der Waals surface area contributed by atoms with Crippen molar-refractivity contribution in [1.29, 1.82) is 0 Å². The third kappa shape index (κ3) is 3.76. The topological polar surface area (TPSA) is 54.4 Å². The maximum Gasteiger partial charge on any atom is 0.155 e. The summed E-state index contributed by atoms with van der Waals surface area (Å²) in [6, 6.07) is 0. The van der Waals surface area contributed by atoms with Gasteiger partial charge in [-0.1, -0.05) is 20.3 Å². The lowest BCUT2D eigenvalue weighted by molar-refractivity contribution is 0.144. The minimum atomic E-state index is -3.02. The van der Waals surface area contributed by atoms with Gasteiger partial charge in [-0.3, -0.25) is 0 Å². The molecule has 0 radical (unpaired) electrons. The molecule has 4 heteroatoms. The Balaban J connectivity index is 2.53. The molecule has 0 saturated carbocycles. The Bertz CT molecular complexity index is 282. The molecule has 0 aliphatic carbocycles. The predicted octanol–water partition coefficient (Wildman–Crippen LogP) is 1.75. The first-order valence-corrected chi connectivity index (χ1v) is 7.54. The van der Waals surface area contributed by atoms with Crippen LogP contribution in [0.4, 0.5) is 0 Å². The maximum absolute atomic E-state index is 11.7. The van der Waals surface area contributed by atoms with E-state index in [9.17, 15) is 13.5 Å². The zero-order valence-electron chi connectivity index (χ0n) is 9.65. The summed E-state index contributed by atoms with van der Waals surface area (Å²) in [7, 11) is -3.02. The Morgan fingerprint density at radius 2 is 1.93 bits per heavy atom. The van der Waals surface area contributed by atoms with Gasteiger partial charge >= 0.3 is 0 Å². The quantitative estimate of drug-likeness (QED) is 0.806. The van der Waals surface area contributed by atoms with E-state index < -0.39 is 21.2 Å². The van der Waals surface area contributed by atoms with Crippen molar-refractivity contribution in [2.24, 2.45) is 5.92 Å². The predicted molar refractivity (Wildman–Crippen MR) is 61.5 cm³/mol. The van der Waals surface area contributed by atoms with Crippen molar-refractivity contribution < 1.29 is 13.5 Å². The van der Waals surface area contributed by atoms with E-state index in [1.54, 1.807) is 0 Å². The first-order valence-electron chi connectivity index (χ1n) is 5.83. The van der Waals surface area contributed by atoms with Crippen molar-refractivity contribution in [1.82, 2.24) is 0 Å². The Morgan fingerprint density at radius 1 is 1.27 bits per heavy atom. The Morgan fingerprint density at radius 3 is 2.47 bits per heavy atom. The van der Waals surface area contributed by atoms with Gasteiger partial charge in [0.2, 0.25) is 0 Å². The number of rotatable bonds is 4. The van der Waals surface area contributed by atoms with Crippen LogP contribution in [0.1, 0.15) is 46.0 Å². The van der Waals surface area contributed by atoms with E-state index in [4.69, 9.17) is 0 Å². The number of hydrogen-bond donors (Lipinski definition) is 1. The minimum absolute atomic E-state index is 0.260. The molecule has 2 atom stereocenters. The van der Waals surface area contributed by atoms with Gasteiger partial charge in [0.15, 0.2) is 9.84 Å². The Hall–Kier alpha value is -0.0900. The molecule has 90 valence electrons. The molecule has 1 rings (SSSR count). The molecule has 1 heterocycles. The highest BCUT2D eigenvalue weighted by molar-refractivity contribution is 7.92. The molecule has 0 spiro atoms. The number of sulfone groups is 1. The van der Waals surface area contributed by atoms with Crippen LogP contribution in [0.3, 0.4) is 0 Å². The van der Waals surface area contributed by atoms with Crippen LogP contribution in [0.25, 0.3) is 0 Å². The number of aliphatic hydroxyl groups excluding tert-OH is 1. The number of aliphatic hydroxyl groups is 1. The molecule has 0 aromatic rings. The van der Waals surface area contributed by atoms with Gasteiger partial charge in [-0.2, -0.15) is 0 Å². The summed E-state index contributed by atoms with van der Waals surface area (Å²) in [5.74, 6) is 0.780. The normalized spacial score (nSPS) is 27.9. The van der Waals surface area contributed by atoms with Gasteiger partial charge in [-0.05, 0) is 31.6 Å². The number of hydrogen-bond acceptors (Lipinski definition) is 3. The molecule has 2 unspecified atom stereocenters. The van der Waals surface area contributed by atoms with Crippen molar-refractivity contribution in [2.45, 2.75) is 57.3 Å².